The number of benzene rings is 1. The van der Waals surface area contributed by atoms with E-state index in [-0.39, 0.29) is 11.7 Å². The zero-order chi connectivity index (χ0) is 13.3. The molecule has 0 fully saturated rings. The lowest BCUT2D eigenvalue weighted by atomic mass is 10.1. The summed E-state index contributed by atoms with van der Waals surface area (Å²) in [5.41, 5.74) is 7.23. The number of nitrogens with zero attached hydrogens (tertiary/aromatic N) is 3. The highest BCUT2D eigenvalue weighted by Gasteiger charge is 2.19. The Morgan fingerprint density at radius 3 is 2.61 bits per heavy atom. The highest BCUT2D eigenvalue weighted by molar-refractivity contribution is 5.78. The first-order chi connectivity index (χ1) is 8.50. The fraction of sp³-hybridized carbons (Fsp3) is 0.250. The van der Waals surface area contributed by atoms with Gasteiger partial charge in [0.1, 0.15) is 5.69 Å². The quantitative estimate of drug-likeness (QED) is 0.666. The van der Waals surface area contributed by atoms with Gasteiger partial charge in [-0.1, -0.05) is 12.1 Å². The van der Waals surface area contributed by atoms with Gasteiger partial charge >= 0.3 is 0 Å². The second-order valence-corrected chi connectivity index (χ2v) is 4.28. The number of nitro groups is 1. The van der Waals surface area contributed by atoms with E-state index in [2.05, 4.69) is 5.10 Å². The van der Waals surface area contributed by atoms with Crippen LogP contribution in [0.5, 0.6) is 0 Å². The maximum absolute atomic E-state index is 11.0. The second kappa shape index (κ2) is 4.48. The zero-order valence-electron chi connectivity index (χ0n) is 10.2. The Morgan fingerprint density at radius 1 is 1.39 bits per heavy atom. The lowest BCUT2D eigenvalue weighted by molar-refractivity contribution is -0.384. The average molecular weight is 246 g/mol. The molecule has 18 heavy (non-hydrogen) atoms. The fourth-order valence-electron chi connectivity index (χ4n) is 1.71. The van der Waals surface area contributed by atoms with E-state index in [4.69, 9.17) is 5.73 Å². The first kappa shape index (κ1) is 12.1. The largest absolute Gasteiger partial charge is 0.396 e. The molecule has 1 aromatic heterocycles. The van der Waals surface area contributed by atoms with Crippen LogP contribution in [0.4, 0.5) is 11.4 Å². The van der Waals surface area contributed by atoms with Crippen LogP contribution in [-0.2, 0) is 0 Å². The van der Waals surface area contributed by atoms with Crippen LogP contribution in [0.3, 0.4) is 0 Å². The van der Waals surface area contributed by atoms with Crippen LogP contribution in [0.1, 0.15) is 19.9 Å². The van der Waals surface area contributed by atoms with Gasteiger partial charge < -0.3 is 5.73 Å². The molecule has 2 N–H and O–H groups in total. The molecule has 0 aliphatic carbocycles. The summed E-state index contributed by atoms with van der Waals surface area (Å²) in [6.07, 6.45) is 1.69. The monoisotopic (exact) mass is 246 g/mol. The van der Waals surface area contributed by atoms with Crippen LogP contribution in [0.15, 0.2) is 30.5 Å². The van der Waals surface area contributed by atoms with Gasteiger partial charge in [0.05, 0.1) is 16.2 Å². The van der Waals surface area contributed by atoms with E-state index in [0.717, 1.165) is 0 Å². The van der Waals surface area contributed by atoms with Crippen molar-refractivity contribution in [2.75, 3.05) is 5.73 Å². The molecule has 1 heterocycles. The average Bonchev–Trinajstić information content (AvgIpc) is 2.71. The molecule has 0 amide bonds. The Bertz CT molecular complexity index is 590. The molecule has 2 rings (SSSR count). The molecular formula is C12H14N4O2. The number of hydrogen-bond donors (Lipinski definition) is 1. The van der Waals surface area contributed by atoms with E-state index in [1.807, 2.05) is 13.8 Å². The molecule has 6 nitrogen and oxygen atoms in total. The topological polar surface area (TPSA) is 87.0 Å². The van der Waals surface area contributed by atoms with Crippen LogP contribution in [0.2, 0.25) is 0 Å². The van der Waals surface area contributed by atoms with E-state index < -0.39 is 4.92 Å². The molecular weight excluding hydrogens is 232 g/mol. The highest BCUT2D eigenvalue weighted by atomic mass is 16.6. The molecule has 0 unspecified atom stereocenters. The van der Waals surface area contributed by atoms with E-state index >= 15 is 0 Å². The minimum atomic E-state index is -0.427. The van der Waals surface area contributed by atoms with Crippen molar-refractivity contribution in [2.24, 2.45) is 0 Å². The summed E-state index contributed by atoms with van der Waals surface area (Å²) in [7, 11) is 0. The van der Waals surface area contributed by atoms with Crippen LogP contribution >= 0.6 is 0 Å². The number of hydrogen-bond acceptors (Lipinski definition) is 4. The summed E-state index contributed by atoms with van der Waals surface area (Å²) in [5, 5.41) is 15.3. The van der Waals surface area contributed by atoms with Gasteiger partial charge in [0, 0.05) is 18.3 Å². The van der Waals surface area contributed by atoms with Crippen LogP contribution in [0.25, 0.3) is 11.3 Å². The molecule has 0 aliphatic heterocycles. The third kappa shape index (κ3) is 2.04. The first-order valence-corrected chi connectivity index (χ1v) is 5.59. The van der Waals surface area contributed by atoms with Crippen molar-refractivity contribution in [3.8, 4) is 11.3 Å². The number of rotatable bonds is 3. The Balaban J connectivity index is 2.58. The van der Waals surface area contributed by atoms with Crippen molar-refractivity contribution in [2.45, 2.75) is 19.9 Å². The highest BCUT2D eigenvalue weighted by Crippen LogP contribution is 2.32. The summed E-state index contributed by atoms with van der Waals surface area (Å²) < 4.78 is 1.70. The normalized spacial score (nSPS) is 10.8. The summed E-state index contributed by atoms with van der Waals surface area (Å²) in [4.78, 5) is 10.5. The third-order valence-electron chi connectivity index (χ3n) is 2.65. The zero-order valence-corrected chi connectivity index (χ0v) is 10.2. The van der Waals surface area contributed by atoms with Crippen molar-refractivity contribution >= 4 is 11.4 Å². The SMILES string of the molecule is CC(C)n1cc(N)c(-c2ccccc2[N+](=O)[O-])n1. The molecule has 2 aromatic rings. The number of aromatic nitrogens is 2. The van der Waals surface area contributed by atoms with Crippen LogP contribution < -0.4 is 5.73 Å². The number of nitrogens with two attached hydrogens (primary N) is 1. The predicted octanol–water partition coefficient (Wildman–Crippen LogP) is 2.62. The Kier molecular flexibility index (Phi) is 3.01. The van der Waals surface area contributed by atoms with E-state index in [9.17, 15) is 10.1 Å². The van der Waals surface area contributed by atoms with Crippen molar-refractivity contribution in [1.29, 1.82) is 0 Å². The molecule has 0 atom stereocenters. The Morgan fingerprint density at radius 2 is 2.06 bits per heavy atom. The van der Waals surface area contributed by atoms with Crippen LogP contribution in [0, 0.1) is 10.1 Å². The number of anilines is 1. The van der Waals surface area contributed by atoms with Gasteiger partial charge in [-0.2, -0.15) is 5.10 Å². The molecule has 6 heteroatoms. The van der Waals surface area contributed by atoms with Gasteiger partial charge in [-0.05, 0) is 19.9 Å². The predicted molar refractivity (Wildman–Crippen MR) is 69.1 cm³/mol. The number of nitrogen functional groups attached to an aromatic ring is 1. The molecule has 0 radical (unpaired) electrons. The number of nitro benzene ring substituents is 1. The summed E-state index contributed by atoms with van der Waals surface area (Å²) in [5.74, 6) is 0. The summed E-state index contributed by atoms with van der Waals surface area (Å²) >= 11 is 0. The van der Waals surface area contributed by atoms with Crippen molar-refractivity contribution < 1.29 is 4.92 Å². The number of para-hydroxylation sites is 1. The van der Waals surface area contributed by atoms with Gasteiger partial charge in [0.15, 0.2) is 0 Å². The lowest BCUT2D eigenvalue weighted by Crippen LogP contribution is -2.01. The molecule has 1 aromatic carbocycles. The lowest BCUT2D eigenvalue weighted by Gasteiger charge is -2.03. The third-order valence-corrected chi connectivity index (χ3v) is 2.65. The van der Waals surface area contributed by atoms with E-state index in [1.54, 1.807) is 29.1 Å². The van der Waals surface area contributed by atoms with Crippen molar-refractivity contribution in [1.82, 2.24) is 9.78 Å². The minimum absolute atomic E-state index is 0.0122. The molecule has 0 bridgehead atoms. The van der Waals surface area contributed by atoms with Crippen molar-refractivity contribution in [3.63, 3.8) is 0 Å². The Hall–Kier alpha value is -2.37. The molecule has 0 aliphatic rings. The second-order valence-electron chi connectivity index (χ2n) is 4.28. The smallest absolute Gasteiger partial charge is 0.278 e. The van der Waals surface area contributed by atoms with Gasteiger partial charge in [-0.15, -0.1) is 0 Å². The standard InChI is InChI=1S/C12H14N4O2/c1-8(2)15-7-10(13)12(14-15)9-5-3-4-6-11(9)16(17)18/h3-8H,13H2,1-2H3. The fourth-order valence-corrected chi connectivity index (χ4v) is 1.71. The summed E-state index contributed by atoms with van der Waals surface area (Å²) in [6.45, 7) is 3.94. The molecule has 0 saturated heterocycles. The maximum atomic E-state index is 11.0. The van der Waals surface area contributed by atoms with E-state index in [1.165, 1.54) is 6.07 Å². The van der Waals surface area contributed by atoms with E-state index in [0.29, 0.717) is 16.9 Å². The summed E-state index contributed by atoms with van der Waals surface area (Å²) in [6, 6.07) is 6.61. The van der Waals surface area contributed by atoms with Crippen molar-refractivity contribution in [3.05, 3.63) is 40.6 Å². The maximum Gasteiger partial charge on any atom is 0.278 e. The van der Waals surface area contributed by atoms with Crippen LogP contribution in [-0.4, -0.2) is 14.7 Å². The first-order valence-electron chi connectivity index (χ1n) is 5.59. The molecule has 94 valence electrons. The van der Waals surface area contributed by atoms with Gasteiger partial charge in [0.2, 0.25) is 0 Å². The Labute approximate surface area is 104 Å². The van der Waals surface area contributed by atoms with Gasteiger partial charge in [-0.3, -0.25) is 14.8 Å². The molecule has 0 spiro atoms. The minimum Gasteiger partial charge on any atom is -0.396 e. The van der Waals surface area contributed by atoms with Gasteiger partial charge in [-0.25, -0.2) is 0 Å². The molecule has 0 saturated carbocycles. The van der Waals surface area contributed by atoms with Gasteiger partial charge in [0.25, 0.3) is 5.69 Å².